The molecule has 0 bridgehead atoms. The van der Waals surface area contributed by atoms with E-state index in [1.165, 1.54) is 0 Å². The Morgan fingerprint density at radius 1 is 1.18 bits per heavy atom. The molecule has 0 aliphatic carbocycles. The maximum Gasteiger partial charge on any atom is 0.295 e. The van der Waals surface area contributed by atoms with Crippen LogP contribution in [0.2, 0.25) is 10.0 Å². The van der Waals surface area contributed by atoms with E-state index in [0.29, 0.717) is 59.8 Å². The summed E-state index contributed by atoms with van der Waals surface area (Å²) in [4.78, 5) is 29.1. The summed E-state index contributed by atoms with van der Waals surface area (Å²) >= 11 is 12.7. The minimum atomic E-state index is -0.608. The Hall–Kier alpha value is -2.63. The molecule has 10 nitrogen and oxygen atoms in total. The van der Waals surface area contributed by atoms with Crippen LogP contribution in [0.5, 0.6) is 0 Å². The fourth-order valence-corrected chi connectivity index (χ4v) is 6.50. The summed E-state index contributed by atoms with van der Waals surface area (Å²) in [5.74, 6) is -0.0446. The zero-order valence-corrected chi connectivity index (χ0v) is 23.5. The number of oxazole rings is 1. The van der Waals surface area contributed by atoms with E-state index in [1.54, 1.807) is 18.5 Å². The third-order valence-corrected chi connectivity index (χ3v) is 8.38. The number of hydrogen-bond acceptors (Lipinski definition) is 9. The number of nitrogens with zero attached hydrogens (tertiary/aromatic N) is 5. The van der Waals surface area contributed by atoms with E-state index in [-0.39, 0.29) is 11.9 Å². The van der Waals surface area contributed by atoms with Crippen LogP contribution in [-0.2, 0) is 16.0 Å². The number of halogens is 2. The van der Waals surface area contributed by atoms with E-state index >= 15 is 0 Å². The molecule has 39 heavy (non-hydrogen) atoms. The van der Waals surface area contributed by atoms with Crippen molar-refractivity contribution < 1.29 is 13.9 Å². The van der Waals surface area contributed by atoms with E-state index in [1.807, 2.05) is 17.9 Å². The number of rotatable bonds is 6. The van der Waals surface area contributed by atoms with Crippen molar-refractivity contribution in [2.24, 2.45) is 0 Å². The van der Waals surface area contributed by atoms with Crippen molar-refractivity contribution in [2.75, 3.05) is 75.7 Å². The van der Waals surface area contributed by atoms with Gasteiger partial charge in [0.2, 0.25) is 0 Å². The van der Waals surface area contributed by atoms with E-state index in [4.69, 9.17) is 32.4 Å². The lowest BCUT2D eigenvalue weighted by molar-refractivity contribution is -0.147. The molecule has 0 unspecified atom stereocenters. The van der Waals surface area contributed by atoms with Crippen LogP contribution in [0.15, 0.2) is 28.9 Å². The number of amides is 1. The number of anilines is 2. The number of carbonyl (C=O) groups excluding carboxylic acids is 1. The van der Waals surface area contributed by atoms with Crippen molar-refractivity contribution in [3.8, 4) is 0 Å². The van der Waals surface area contributed by atoms with Crippen LogP contribution in [0.4, 0.5) is 11.7 Å². The predicted octanol–water partition coefficient (Wildman–Crippen LogP) is 3.20. The number of piperazine rings is 1. The van der Waals surface area contributed by atoms with Crippen molar-refractivity contribution in [2.45, 2.75) is 25.5 Å². The summed E-state index contributed by atoms with van der Waals surface area (Å²) in [6, 6.07) is 4.00. The van der Waals surface area contributed by atoms with Crippen molar-refractivity contribution in [3.05, 3.63) is 45.7 Å². The van der Waals surface area contributed by atoms with Gasteiger partial charge in [0, 0.05) is 62.4 Å². The minimum Gasteiger partial charge on any atom is -0.421 e. The number of carbonyl (C=O) groups is 1. The first-order valence-corrected chi connectivity index (χ1v) is 14.3. The lowest BCUT2D eigenvalue weighted by Crippen LogP contribution is -2.53. The minimum absolute atomic E-state index is 0.0446. The zero-order chi connectivity index (χ0) is 26.9. The van der Waals surface area contributed by atoms with Gasteiger partial charge < -0.3 is 29.6 Å². The highest BCUT2D eigenvalue weighted by Gasteiger charge is 2.36. The van der Waals surface area contributed by atoms with Crippen LogP contribution in [0.25, 0.3) is 11.1 Å². The quantitative estimate of drug-likeness (QED) is 0.460. The van der Waals surface area contributed by atoms with Crippen LogP contribution in [0.3, 0.4) is 0 Å². The topological polar surface area (TPSA) is 99.0 Å². The summed E-state index contributed by atoms with van der Waals surface area (Å²) in [5, 5.41) is 7.89. The van der Waals surface area contributed by atoms with Gasteiger partial charge in [-0.15, -0.1) is 0 Å². The molecule has 3 aromatic rings. The normalized spacial score (nSPS) is 22.2. The summed E-state index contributed by atoms with van der Waals surface area (Å²) < 4.78 is 12.1. The Morgan fingerprint density at radius 2 is 2.03 bits per heavy atom. The number of fused-ring (bicyclic) bond motifs is 2. The van der Waals surface area contributed by atoms with Gasteiger partial charge >= 0.3 is 0 Å². The van der Waals surface area contributed by atoms with Gasteiger partial charge in [-0.25, -0.2) is 0 Å². The molecule has 2 N–H and O–H groups in total. The SMILES string of the molecule is C[C@H]1c2c(Cl)cc(Cl)cc2CCN1C(=O)[C@H]1CN(c2cncc3nc(NCCN4CCNCC4)oc23)CCO1. The summed E-state index contributed by atoms with van der Waals surface area (Å²) in [7, 11) is 0. The van der Waals surface area contributed by atoms with Gasteiger partial charge in [0.15, 0.2) is 11.7 Å². The van der Waals surface area contributed by atoms with E-state index in [2.05, 4.69) is 30.4 Å². The largest absolute Gasteiger partial charge is 0.421 e. The zero-order valence-electron chi connectivity index (χ0n) is 22.0. The fraction of sp³-hybridized carbons (Fsp3) is 0.519. The monoisotopic (exact) mass is 573 g/mol. The lowest BCUT2D eigenvalue weighted by atomic mass is 9.93. The van der Waals surface area contributed by atoms with Gasteiger partial charge in [-0.05, 0) is 36.6 Å². The number of hydrogen-bond donors (Lipinski definition) is 2. The van der Waals surface area contributed by atoms with Crippen molar-refractivity contribution in [3.63, 3.8) is 0 Å². The van der Waals surface area contributed by atoms with Gasteiger partial charge in [-0.1, -0.05) is 23.2 Å². The third-order valence-electron chi connectivity index (χ3n) is 7.85. The average Bonchev–Trinajstić information content (AvgIpc) is 3.36. The van der Waals surface area contributed by atoms with Gasteiger partial charge in [-0.3, -0.25) is 14.7 Å². The molecule has 3 aliphatic heterocycles. The molecule has 3 aliphatic rings. The lowest BCUT2D eigenvalue weighted by Gasteiger charge is -2.40. The first-order valence-electron chi connectivity index (χ1n) is 13.5. The Labute approximate surface area is 237 Å². The van der Waals surface area contributed by atoms with Gasteiger partial charge in [0.1, 0.15) is 11.2 Å². The summed E-state index contributed by atoms with van der Waals surface area (Å²) in [6.07, 6.45) is 3.57. The molecule has 0 saturated carbocycles. The molecule has 208 valence electrons. The second kappa shape index (κ2) is 11.5. The molecule has 2 aromatic heterocycles. The van der Waals surface area contributed by atoms with Gasteiger partial charge in [0.25, 0.3) is 11.9 Å². The first kappa shape index (κ1) is 26.6. The number of ether oxygens (including phenoxy) is 1. The van der Waals surface area contributed by atoms with Crippen LogP contribution in [0, 0.1) is 0 Å². The second-order valence-electron chi connectivity index (χ2n) is 10.3. The Balaban J connectivity index is 1.14. The molecule has 12 heteroatoms. The van der Waals surface area contributed by atoms with Crippen LogP contribution in [-0.4, -0.2) is 97.3 Å². The summed E-state index contributed by atoms with van der Waals surface area (Å²) in [6.45, 7) is 9.85. The van der Waals surface area contributed by atoms with E-state index < -0.39 is 6.10 Å². The molecule has 5 heterocycles. The van der Waals surface area contributed by atoms with Gasteiger partial charge in [0.05, 0.1) is 31.6 Å². The van der Waals surface area contributed by atoms with Crippen molar-refractivity contribution >= 4 is 51.9 Å². The number of benzene rings is 1. The summed E-state index contributed by atoms with van der Waals surface area (Å²) in [5.41, 5.74) is 4.20. The number of aromatic nitrogens is 2. The smallest absolute Gasteiger partial charge is 0.295 e. The van der Waals surface area contributed by atoms with Crippen molar-refractivity contribution in [1.82, 2.24) is 25.1 Å². The Morgan fingerprint density at radius 3 is 2.87 bits per heavy atom. The fourth-order valence-electron chi connectivity index (χ4n) is 5.80. The highest BCUT2D eigenvalue weighted by Crippen LogP contribution is 2.38. The maximum absolute atomic E-state index is 13.7. The average molecular weight is 575 g/mol. The molecule has 1 amide bonds. The van der Waals surface area contributed by atoms with Crippen LogP contribution < -0.4 is 15.5 Å². The van der Waals surface area contributed by atoms with Gasteiger partial charge in [-0.2, -0.15) is 4.98 Å². The number of pyridine rings is 1. The molecule has 2 saturated heterocycles. The third kappa shape index (κ3) is 5.53. The number of morpholine rings is 1. The molecular weight excluding hydrogens is 541 g/mol. The maximum atomic E-state index is 13.7. The van der Waals surface area contributed by atoms with E-state index in [9.17, 15) is 4.79 Å². The number of nitrogens with one attached hydrogen (secondary N) is 2. The molecule has 1 aromatic carbocycles. The first-order chi connectivity index (χ1) is 19.0. The predicted molar refractivity (Wildman–Crippen MR) is 152 cm³/mol. The van der Waals surface area contributed by atoms with Crippen molar-refractivity contribution in [1.29, 1.82) is 0 Å². The Bertz CT molecular complexity index is 1350. The molecular formula is C27H33Cl2N7O3. The molecule has 0 radical (unpaired) electrons. The van der Waals surface area contributed by atoms with E-state index in [0.717, 1.165) is 56.1 Å². The van der Waals surface area contributed by atoms with Crippen LogP contribution in [0.1, 0.15) is 24.1 Å². The molecule has 6 rings (SSSR count). The Kier molecular flexibility index (Phi) is 7.82. The molecule has 2 fully saturated rings. The molecule has 0 spiro atoms. The highest BCUT2D eigenvalue weighted by molar-refractivity contribution is 6.35. The standard InChI is InChI=1S/C27H33Cl2N7O3/c1-17-24-18(12-19(28)13-20(24)29)2-6-36(17)26(37)23-16-35(10-11-38-23)22-15-31-14-21-25(22)39-27(33-21)32-5-9-34-7-3-30-4-8-34/h12-15,17,23,30H,2-11,16H2,1H3,(H,32,33)/t17-,23+/m0/s1. The highest BCUT2D eigenvalue weighted by atomic mass is 35.5. The van der Waals surface area contributed by atoms with Crippen LogP contribution >= 0.6 is 23.2 Å². The molecule has 2 atom stereocenters. The second-order valence-corrected chi connectivity index (χ2v) is 11.1.